The highest BCUT2D eigenvalue weighted by atomic mass is 19.1. The second-order valence-corrected chi connectivity index (χ2v) is 5.93. The van der Waals surface area contributed by atoms with Gasteiger partial charge in [0.05, 0.1) is 12.0 Å². The van der Waals surface area contributed by atoms with Gasteiger partial charge in [0.1, 0.15) is 5.82 Å². The molecule has 2 nitrogen and oxygen atoms in total. The number of halogens is 1. The molecule has 0 saturated heterocycles. The summed E-state index contributed by atoms with van der Waals surface area (Å²) in [4.78, 5) is 12.6. The van der Waals surface area contributed by atoms with E-state index in [9.17, 15) is 9.18 Å². The van der Waals surface area contributed by atoms with Crippen LogP contribution in [0.4, 0.5) is 4.39 Å². The summed E-state index contributed by atoms with van der Waals surface area (Å²) in [6, 6.07) is 14.4. The van der Waals surface area contributed by atoms with Gasteiger partial charge in [0, 0.05) is 0 Å². The Morgan fingerprint density at radius 3 is 2.86 bits per heavy atom. The van der Waals surface area contributed by atoms with E-state index in [1.165, 1.54) is 17.7 Å². The van der Waals surface area contributed by atoms with Crippen LogP contribution in [0.25, 0.3) is 0 Å². The molecule has 0 heterocycles. The first kappa shape index (κ1) is 14.8. The van der Waals surface area contributed by atoms with Crippen LogP contribution >= 0.6 is 0 Å². The van der Waals surface area contributed by atoms with Gasteiger partial charge in [-0.3, -0.25) is 4.79 Å². The Labute approximate surface area is 130 Å². The Balaban J connectivity index is 1.75. The summed E-state index contributed by atoms with van der Waals surface area (Å²) in [5.74, 6) is -0.341. The Hall–Kier alpha value is -2.16. The second kappa shape index (κ2) is 6.30. The van der Waals surface area contributed by atoms with E-state index in [0.717, 1.165) is 30.4 Å². The molecule has 0 saturated carbocycles. The molecule has 22 heavy (non-hydrogen) atoms. The van der Waals surface area contributed by atoms with Crippen molar-refractivity contribution < 1.29 is 9.18 Å². The van der Waals surface area contributed by atoms with Crippen molar-refractivity contribution in [2.75, 3.05) is 0 Å². The van der Waals surface area contributed by atoms with Crippen molar-refractivity contribution >= 4 is 5.91 Å². The lowest BCUT2D eigenvalue weighted by Gasteiger charge is -2.26. The van der Waals surface area contributed by atoms with Crippen LogP contribution in [0.3, 0.4) is 0 Å². The first-order valence-corrected chi connectivity index (χ1v) is 7.79. The fourth-order valence-electron chi connectivity index (χ4n) is 3.20. The van der Waals surface area contributed by atoms with Crippen molar-refractivity contribution in [1.82, 2.24) is 5.32 Å². The van der Waals surface area contributed by atoms with Gasteiger partial charge in [0.2, 0.25) is 5.91 Å². The maximum atomic E-state index is 13.3. The molecule has 2 aromatic carbocycles. The van der Waals surface area contributed by atoms with Crippen LogP contribution in [-0.2, 0) is 11.2 Å². The third kappa shape index (κ3) is 3.03. The number of nitrogens with one attached hydrogen (secondary N) is 1. The van der Waals surface area contributed by atoms with Crippen LogP contribution in [-0.4, -0.2) is 5.91 Å². The number of fused-ring (bicyclic) bond motifs is 1. The number of carbonyl (C=O) groups is 1. The second-order valence-electron chi connectivity index (χ2n) is 5.93. The third-order valence-corrected chi connectivity index (χ3v) is 4.39. The Kier molecular flexibility index (Phi) is 4.23. The number of rotatable bonds is 3. The van der Waals surface area contributed by atoms with E-state index in [2.05, 4.69) is 11.4 Å². The molecule has 0 bridgehead atoms. The predicted molar refractivity (Wildman–Crippen MR) is 85.1 cm³/mol. The van der Waals surface area contributed by atoms with E-state index < -0.39 is 0 Å². The van der Waals surface area contributed by atoms with Gasteiger partial charge >= 0.3 is 0 Å². The SMILES string of the molecule is CC(NC(=O)C1CCCc2ccccc21)c1cccc(F)c1. The van der Waals surface area contributed by atoms with Crippen molar-refractivity contribution in [3.05, 3.63) is 71.0 Å². The largest absolute Gasteiger partial charge is 0.349 e. The van der Waals surface area contributed by atoms with Gasteiger partial charge < -0.3 is 5.32 Å². The lowest BCUT2D eigenvalue weighted by Crippen LogP contribution is -2.33. The molecule has 0 spiro atoms. The minimum atomic E-state index is -0.276. The van der Waals surface area contributed by atoms with Gasteiger partial charge in [0.25, 0.3) is 0 Å². The number of carbonyl (C=O) groups excluding carboxylic acids is 1. The zero-order valence-electron chi connectivity index (χ0n) is 12.7. The molecule has 2 atom stereocenters. The molecule has 1 aliphatic carbocycles. The van der Waals surface area contributed by atoms with E-state index in [4.69, 9.17) is 0 Å². The van der Waals surface area contributed by atoms with Crippen molar-refractivity contribution in [2.24, 2.45) is 0 Å². The zero-order chi connectivity index (χ0) is 15.5. The fourth-order valence-corrected chi connectivity index (χ4v) is 3.20. The van der Waals surface area contributed by atoms with Crippen LogP contribution < -0.4 is 5.32 Å². The standard InChI is InChI=1S/C19H20FNO/c1-13(15-8-4-9-16(20)12-15)21-19(22)18-11-5-7-14-6-2-3-10-17(14)18/h2-4,6,8-10,12-13,18H,5,7,11H2,1H3,(H,21,22). The van der Waals surface area contributed by atoms with E-state index in [0.29, 0.717) is 0 Å². The van der Waals surface area contributed by atoms with Crippen molar-refractivity contribution in [3.63, 3.8) is 0 Å². The molecule has 2 unspecified atom stereocenters. The lowest BCUT2D eigenvalue weighted by atomic mass is 9.82. The molecule has 3 heteroatoms. The maximum Gasteiger partial charge on any atom is 0.228 e. The highest BCUT2D eigenvalue weighted by Gasteiger charge is 2.27. The molecule has 0 aliphatic heterocycles. The minimum Gasteiger partial charge on any atom is -0.349 e. The molecule has 1 aliphatic rings. The number of benzene rings is 2. The monoisotopic (exact) mass is 297 g/mol. The first-order valence-electron chi connectivity index (χ1n) is 7.79. The minimum absolute atomic E-state index is 0.0314. The number of aryl methyl sites for hydroxylation is 1. The summed E-state index contributed by atoms with van der Waals surface area (Å²) in [5, 5.41) is 3.03. The van der Waals surface area contributed by atoms with Crippen LogP contribution in [0, 0.1) is 5.82 Å². The average molecular weight is 297 g/mol. The van der Waals surface area contributed by atoms with Gasteiger partial charge in [-0.25, -0.2) is 4.39 Å². The quantitative estimate of drug-likeness (QED) is 0.907. The number of hydrogen-bond acceptors (Lipinski definition) is 1. The third-order valence-electron chi connectivity index (χ3n) is 4.39. The van der Waals surface area contributed by atoms with Crippen molar-refractivity contribution in [2.45, 2.75) is 38.1 Å². The zero-order valence-corrected chi connectivity index (χ0v) is 12.7. The normalized spacial score (nSPS) is 18.4. The van der Waals surface area contributed by atoms with Crippen molar-refractivity contribution in [3.8, 4) is 0 Å². The van der Waals surface area contributed by atoms with Gasteiger partial charge in [0.15, 0.2) is 0 Å². The van der Waals surface area contributed by atoms with Gasteiger partial charge in [-0.15, -0.1) is 0 Å². The molecular formula is C19H20FNO. The first-order chi connectivity index (χ1) is 10.6. The molecular weight excluding hydrogens is 277 g/mol. The smallest absolute Gasteiger partial charge is 0.228 e. The van der Waals surface area contributed by atoms with E-state index >= 15 is 0 Å². The highest BCUT2D eigenvalue weighted by molar-refractivity contribution is 5.84. The summed E-state index contributed by atoms with van der Waals surface area (Å²) in [6.07, 6.45) is 2.95. The summed E-state index contributed by atoms with van der Waals surface area (Å²) in [7, 11) is 0. The fraction of sp³-hybridized carbons (Fsp3) is 0.316. The number of amides is 1. The molecule has 0 fully saturated rings. The van der Waals surface area contributed by atoms with Crippen LogP contribution in [0.15, 0.2) is 48.5 Å². The molecule has 3 rings (SSSR count). The summed E-state index contributed by atoms with van der Waals surface area (Å²) in [5.41, 5.74) is 3.20. The summed E-state index contributed by atoms with van der Waals surface area (Å²) in [6.45, 7) is 1.89. The van der Waals surface area contributed by atoms with Crippen LogP contribution in [0.5, 0.6) is 0 Å². The molecule has 1 amide bonds. The molecule has 0 aromatic heterocycles. The highest BCUT2D eigenvalue weighted by Crippen LogP contribution is 2.32. The summed E-state index contributed by atoms with van der Waals surface area (Å²) < 4.78 is 13.3. The number of hydrogen-bond donors (Lipinski definition) is 1. The van der Waals surface area contributed by atoms with Gasteiger partial charge in [-0.05, 0) is 55.0 Å². The van der Waals surface area contributed by atoms with E-state index in [1.807, 2.05) is 31.2 Å². The van der Waals surface area contributed by atoms with Gasteiger partial charge in [-0.2, -0.15) is 0 Å². The van der Waals surface area contributed by atoms with Crippen LogP contribution in [0.2, 0.25) is 0 Å². The Bertz CT molecular complexity index is 683. The topological polar surface area (TPSA) is 29.1 Å². The Morgan fingerprint density at radius 2 is 2.05 bits per heavy atom. The maximum absolute atomic E-state index is 13.3. The van der Waals surface area contributed by atoms with E-state index in [1.54, 1.807) is 6.07 Å². The molecule has 0 radical (unpaired) electrons. The lowest BCUT2D eigenvalue weighted by molar-refractivity contribution is -0.123. The van der Waals surface area contributed by atoms with Crippen molar-refractivity contribution in [1.29, 1.82) is 0 Å². The van der Waals surface area contributed by atoms with Crippen LogP contribution in [0.1, 0.15) is 48.4 Å². The summed E-state index contributed by atoms with van der Waals surface area (Å²) >= 11 is 0. The predicted octanol–water partition coefficient (Wildman–Crippen LogP) is 4.12. The molecule has 1 N–H and O–H groups in total. The molecule has 2 aromatic rings. The molecule has 114 valence electrons. The van der Waals surface area contributed by atoms with E-state index in [-0.39, 0.29) is 23.7 Å². The average Bonchev–Trinajstić information content (AvgIpc) is 2.54. The van der Waals surface area contributed by atoms with Gasteiger partial charge in [-0.1, -0.05) is 36.4 Å². The Morgan fingerprint density at radius 1 is 1.23 bits per heavy atom.